The van der Waals surface area contributed by atoms with Crippen molar-refractivity contribution in [1.82, 2.24) is 4.90 Å². The first kappa shape index (κ1) is 17.3. The summed E-state index contributed by atoms with van der Waals surface area (Å²) in [4.78, 5) is 13.4. The topological polar surface area (TPSA) is 20.3 Å². The second kappa shape index (κ2) is 7.86. The Morgan fingerprint density at radius 3 is 2.29 bits per heavy atom. The standard InChI is InChI=1S/C16H20F3NO/c1-3-5-11-20(4-2)12-14(15(21)16(17,18)19)13-9-7-6-8-10-13/h6-10,12H,3-5,11H2,1-2H3/b14-12-. The molecule has 0 aromatic heterocycles. The van der Waals surface area contributed by atoms with Crippen molar-refractivity contribution in [3.05, 3.63) is 42.1 Å². The number of carbonyl (C=O) groups is 1. The average Bonchev–Trinajstić information content (AvgIpc) is 2.47. The van der Waals surface area contributed by atoms with Gasteiger partial charge >= 0.3 is 6.18 Å². The quantitative estimate of drug-likeness (QED) is 0.700. The smallest absolute Gasteiger partial charge is 0.377 e. The van der Waals surface area contributed by atoms with Crippen molar-refractivity contribution in [2.75, 3.05) is 13.1 Å². The van der Waals surface area contributed by atoms with Crippen molar-refractivity contribution in [2.45, 2.75) is 32.9 Å². The Kier molecular flexibility index (Phi) is 6.46. The lowest BCUT2D eigenvalue weighted by molar-refractivity contribution is -0.164. The van der Waals surface area contributed by atoms with Crippen molar-refractivity contribution in [3.8, 4) is 0 Å². The molecule has 1 aromatic rings. The van der Waals surface area contributed by atoms with Crippen LogP contribution >= 0.6 is 0 Å². The highest BCUT2D eigenvalue weighted by atomic mass is 19.4. The number of hydrogen-bond donors (Lipinski definition) is 0. The zero-order valence-electron chi connectivity index (χ0n) is 12.3. The molecule has 0 radical (unpaired) electrons. The molecule has 0 amide bonds. The van der Waals surface area contributed by atoms with Crippen LogP contribution in [-0.4, -0.2) is 29.9 Å². The van der Waals surface area contributed by atoms with Gasteiger partial charge in [0, 0.05) is 19.3 Å². The van der Waals surface area contributed by atoms with Gasteiger partial charge in [-0.1, -0.05) is 43.7 Å². The molecule has 0 N–H and O–H groups in total. The third kappa shape index (κ3) is 5.25. The molecule has 0 bridgehead atoms. The average molecular weight is 299 g/mol. The Balaban J connectivity index is 3.15. The van der Waals surface area contributed by atoms with Crippen molar-refractivity contribution in [1.29, 1.82) is 0 Å². The van der Waals surface area contributed by atoms with E-state index in [0.29, 0.717) is 13.1 Å². The maximum atomic E-state index is 12.8. The van der Waals surface area contributed by atoms with Crippen molar-refractivity contribution >= 4 is 11.4 Å². The molecule has 21 heavy (non-hydrogen) atoms. The summed E-state index contributed by atoms with van der Waals surface area (Å²) in [7, 11) is 0. The zero-order chi connectivity index (χ0) is 15.9. The second-order valence-corrected chi connectivity index (χ2v) is 4.72. The third-order valence-electron chi connectivity index (χ3n) is 3.10. The van der Waals surface area contributed by atoms with Gasteiger partial charge in [0.25, 0.3) is 5.78 Å². The lowest BCUT2D eigenvalue weighted by Crippen LogP contribution is -2.26. The molecule has 0 spiro atoms. The van der Waals surface area contributed by atoms with E-state index in [1.807, 2.05) is 13.8 Å². The molecule has 116 valence electrons. The molecule has 0 unspecified atom stereocenters. The van der Waals surface area contributed by atoms with Gasteiger partial charge in [-0.3, -0.25) is 4.79 Å². The van der Waals surface area contributed by atoms with Crippen molar-refractivity contribution in [2.24, 2.45) is 0 Å². The van der Waals surface area contributed by atoms with Gasteiger partial charge in [0.2, 0.25) is 0 Å². The molecule has 2 nitrogen and oxygen atoms in total. The van der Waals surface area contributed by atoms with Crippen molar-refractivity contribution < 1.29 is 18.0 Å². The summed E-state index contributed by atoms with van der Waals surface area (Å²) in [5.41, 5.74) is -0.0178. The van der Waals surface area contributed by atoms with Crippen LogP contribution in [0.5, 0.6) is 0 Å². The summed E-state index contributed by atoms with van der Waals surface area (Å²) in [6.07, 6.45) is -1.72. The molecular formula is C16H20F3NO. The Bertz CT molecular complexity index is 480. The molecule has 0 atom stereocenters. The number of carbonyl (C=O) groups excluding carboxylic acids is 1. The molecule has 0 saturated carbocycles. The predicted molar refractivity (Wildman–Crippen MR) is 77.6 cm³/mol. The lowest BCUT2D eigenvalue weighted by atomic mass is 10.0. The zero-order valence-corrected chi connectivity index (χ0v) is 12.3. The van der Waals surface area contributed by atoms with Crippen LogP contribution in [0.1, 0.15) is 32.3 Å². The molecule has 0 saturated heterocycles. The molecule has 1 rings (SSSR count). The van der Waals surface area contributed by atoms with E-state index in [9.17, 15) is 18.0 Å². The number of hydrogen-bond acceptors (Lipinski definition) is 2. The van der Waals surface area contributed by atoms with Crippen LogP contribution in [0, 0.1) is 0 Å². The fourth-order valence-corrected chi connectivity index (χ4v) is 1.89. The molecule has 1 aromatic carbocycles. The first-order valence-electron chi connectivity index (χ1n) is 7.03. The SMILES string of the molecule is CCCCN(/C=C(\C(=O)C(F)(F)F)c1ccccc1)CC. The van der Waals surface area contributed by atoms with Gasteiger partial charge in [-0.15, -0.1) is 0 Å². The number of nitrogens with zero attached hydrogens (tertiary/aromatic N) is 1. The van der Waals surface area contributed by atoms with Crippen LogP contribution in [0.3, 0.4) is 0 Å². The second-order valence-electron chi connectivity index (χ2n) is 4.72. The monoisotopic (exact) mass is 299 g/mol. The van der Waals surface area contributed by atoms with Crippen LogP contribution in [0.2, 0.25) is 0 Å². The van der Waals surface area contributed by atoms with Crippen LogP contribution in [0.15, 0.2) is 36.5 Å². The van der Waals surface area contributed by atoms with E-state index < -0.39 is 12.0 Å². The Morgan fingerprint density at radius 2 is 1.81 bits per heavy atom. The number of alkyl halides is 3. The lowest BCUT2D eigenvalue weighted by Gasteiger charge is -2.20. The van der Waals surface area contributed by atoms with E-state index in [1.54, 1.807) is 23.1 Å². The molecule has 0 fully saturated rings. The molecule has 0 aliphatic heterocycles. The molecule has 0 aliphatic rings. The Labute approximate surface area is 123 Å². The summed E-state index contributed by atoms with van der Waals surface area (Å²) < 4.78 is 38.3. The molecule has 0 heterocycles. The molecule has 0 aliphatic carbocycles. The minimum absolute atomic E-state index is 0.287. The molecular weight excluding hydrogens is 279 g/mol. The highest BCUT2D eigenvalue weighted by Gasteiger charge is 2.41. The van der Waals surface area contributed by atoms with Crippen molar-refractivity contribution in [3.63, 3.8) is 0 Å². The highest BCUT2D eigenvalue weighted by Crippen LogP contribution is 2.27. The number of allylic oxidation sites excluding steroid dienone is 1. The van der Waals surface area contributed by atoms with Crippen LogP contribution < -0.4 is 0 Å². The van der Waals surface area contributed by atoms with E-state index in [2.05, 4.69) is 0 Å². The van der Waals surface area contributed by atoms with Gasteiger partial charge in [0.15, 0.2) is 0 Å². The minimum Gasteiger partial charge on any atom is -0.377 e. The van der Waals surface area contributed by atoms with Crippen LogP contribution in [0.4, 0.5) is 13.2 Å². The number of halogens is 3. The predicted octanol–water partition coefficient (Wildman–Crippen LogP) is 4.28. The minimum atomic E-state index is -4.87. The summed E-state index contributed by atoms with van der Waals surface area (Å²) in [5.74, 6) is -1.80. The Morgan fingerprint density at radius 1 is 1.19 bits per heavy atom. The van der Waals surface area contributed by atoms with Crippen LogP contribution in [-0.2, 0) is 4.79 Å². The largest absolute Gasteiger partial charge is 0.454 e. The van der Waals surface area contributed by atoms with E-state index >= 15 is 0 Å². The van der Waals surface area contributed by atoms with E-state index in [-0.39, 0.29) is 11.1 Å². The number of rotatable bonds is 7. The van der Waals surface area contributed by atoms with E-state index in [0.717, 1.165) is 12.8 Å². The number of Topliss-reactive ketones (excluding diaryl/α,β-unsaturated/α-hetero) is 1. The highest BCUT2D eigenvalue weighted by molar-refractivity contribution is 6.23. The Hall–Kier alpha value is -1.78. The first-order valence-corrected chi connectivity index (χ1v) is 7.03. The van der Waals surface area contributed by atoms with Gasteiger partial charge in [-0.25, -0.2) is 0 Å². The van der Waals surface area contributed by atoms with Gasteiger partial charge in [0.05, 0.1) is 5.57 Å². The number of ketones is 1. The van der Waals surface area contributed by atoms with Gasteiger partial charge in [-0.05, 0) is 18.9 Å². The maximum absolute atomic E-state index is 12.8. The summed E-state index contributed by atoms with van der Waals surface area (Å²) in [6, 6.07) is 7.98. The first-order chi connectivity index (χ1) is 9.90. The van der Waals surface area contributed by atoms with Crippen LogP contribution in [0.25, 0.3) is 5.57 Å². The summed E-state index contributed by atoms with van der Waals surface area (Å²) in [5, 5.41) is 0. The van der Waals surface area contributed by atoms with Gasteiger partial charge < -0.3 is 4.90 Å². The molecule has 5 heteroatoms. The van der Waals surface area contributed by atoms with Gasteiger partial charge in [0.1, 0.15) is 0 Å². The maximum Gasteiger partial charge on any atom is 0.454 e. The summed E-state index contributed by atoms with van der Waals surface area (Å²) in [6.45, 7) is 5.05. The number of benzene rings is 1. The van der Waals surface area contributed by atoms with Gasteiger partial charge in [-0.2, -0.15) is 13.2 Å². The fraction of sp³-hybridized carbons (Fsp3) is 0.438. The van der Waals surface area contributed by atoms with E-state index in [4.69, 9.17) is 0 Å². The third-order valence-corrected chi connectivity index (χ3v) is 3.10. The summed E-state index contributed by atoms with van der Waals surface area (Å²) >= 11 is 0. The normalized spacial score (nSPS) is 12.3. The number of unbranched alkanes of at least 4 members (excludes halogenated alkanes) is 1. The fourth-order valence-electron chi connectivity index (χ4n) is 1.89. The van der Waals surface area contributed by atoms with E-state index in [1.165, 1.54) is 18.3 Å².